The van der Waals surface area contributed by atoms with Crippen LogP contribution in [-0.2, 0) is 21.2 Å². The molecule has 158 valence electrons. The largest absolute Gasteiger partial charge is 0.340 e. The molecule has 30 heavy (non-hydrogen) atoms. The minimum Gasteiger partial charge on any atom is -0.340 e. The van der Waals surface area contributed by atoms with Gasteiger partial charge in [0.2, 0.25) is 15.9 Å². The van der Waals surface area contributed by atoms with Crippen molar-refractivity contribution in [1.29, 1.82) is 0 Å². The van der Waals surface area contributed by atoms with Gasteiger partial charge in [-0.1, -0.05) is 24.3 Å². The molecule has 2 aromatic rings. The van der Waals surface area contributed by atoms with E-state index in [0.29, 0.717) is 5.56 Å². The summed E-state index contributed by atoms with van der Waals surface area (Å²) in [6.07, 6.45) is -0.158. The maximum Gasteiger partial charge on any atom is 0.273 e. The molecule has 1 aliphatic rings. The molecule has 1 heterocycles. The SMILES string of the molecule is O=C(Cc1ccccc1[N+](=O)[O-])N1CCN(S(=O)(=O)c2cccc([N+](=O)[O-])c2)CC1. The van der Waals surface area contributed by atoms with Crippen molar-refractivity contribution >= 4 is 27.3 Å². The smallest absolute Gasteiger partial charge is 0.273 e. The van der Waals surface area contributed by atoms with Gasteiger partial charge in [0, 0.05) is 49.9 Å². The standard InChI is InChI=1S/C18H18N4O7S/c23-18(12-14-4-1-2-7-17(14)22(26)27)19-8-10-20(11-9-19)30(28,29)16-6-3-5-15(13-16)21(24)25/h1-7,13H,8-12H2. The normalized spacial score (nSPS) is 15.0. The maximum absolute atomic E-state index is 12.8. The van der Waals surface area contributed by atoms with Crippen LogP contribution in [0.3, 0.4) is 0 Å². The minimum absolute atomic E-state index is 0.0215. The molecular formula is C18H18N4O7S. The van der Waals surface area contributed by atoms with Gasteiger partial charge in [0.15, 0.2) is 0 Å². The molecule has 0 atom stereocenters. The predicted molar refractivity (Wildman–Crippen MR) is 105 cm³/mol. The van der Waals surface area contributed by atoms with Crippen LogP contribution in [-0.4, -0.2) is 59.6 Å². The first kappa shape index (κ1) is 21.3. The van der Waals surface area contributed by atoms with Gasteiger partial charge in [-0.05, 0) is 6.07 Å². The number of para-hydroxylation sites is 1. The van der Waals surface area contributed by atoms with Crippen molar-refractivity contribution in [3.63, 3.8) is 0 Å². The lowest BCUT2D eigenvalue weighted by molar-refractivity contribution is -0.385. The van der Waals surface area contributed by atoms with Crippen molar-refractivity contribution in [3.8, 4) is 0 Å². The van der Waals surface area contributed by atoms with E-state index in [9.17, 15) is 33.4 Å². The number of non-ortho nitro benzene ring substituents is 1. The predicted octanol–water partition coefficient (Wildman–Crippen LogP) is 1.58. The number of carbonyl (C=O) groups is 1. The van der Waals surface area contributed by atoms with E-state index in [-0.39, 0.29) is 54.8 Å². The lowest BCUT2D eigenvalue weighted by atomic mass is 10.1. The highest BCUT2D eigenvalue weighted by atomic mass is 32.2. The summed E-state index contributed by atoms with van der Waals surface area (Å²) in [6.45, 7) is 0.280. The van der Waals surface area contributed by atoms with E-state index >= 15 is 0 Å². The van der Waals surface area contributed by atoms with E-state index in [1.807, 2.05) is 0 Å². The third-order valence-corrected chi connectivity index (χ3v) is 6.68. The van der Waals surface area contributed by atoms with Crippen molar-refractivity contribution < 1.29 is 23.1 Å². The maximum atomic E-state index is 12.8. The molecule has 12 heteroatoms. The topological polar surface area (TPSA) is 144 Å². The van der Waals surface area contributed by atoms with Crippen molar-refractivity contribution in [2.24, 2.45) is 0 Å². The van der Waals surface area contributed by atoms with Crippen molar-refractivity contribution in [2.45, 2.75) is 11.3 Å². The molecule has 2 aromatic carbocycles. The highest BCUT2D eigenvalue weighted by molar-refractivity contribution is 7.89. The lowest BCUT2D eigenvalue weighted by Crippen LogP contribution is -2.50. The highest BCUT2D eigenvalue weighted by Gasteiger charge is 2.31. The fraction of sp³-hybridized carbons (Fsp3) is 0.278. The molecule has 0 bridgehead atoms. The van der Waals surface area contributed by atoms with Gasteiger partial charge < -0.3 is 4.90 Å². The fourth-order valence-corrected chi connectivity index (χ4v) is 4.66. The summed E-state index contributed by atoms with van der Waals surface area (Å²) in [6, 6.07) is 10.8. The molecule has 11 nitrogen and oxygen atoms in total. The first-order valence-corrected chi connectivity index (χ1v) is 10.4. The number of benzene rings is 2. The second-order valence-electron chi connectivity index (χ2n) is 6.60. The Morgan fingerprint density at radius 3 is 2.23 bits per heavy atom. The van der Waals surface area contributed by atoms with Crippen LogP contribution in [0.25, 0.3) is 0 Å². The monoisotopic (exact) mass is 434 g/mol. The number of sulfonamides is 1. The van der Waals surface area contributed by atoms with Gasteiger partial charge in [0.25, 0.3) is 11.4 Å². The summed E-state index contributed by atoms with van der Waals surface area (Å²) in [5, 5.41) is 22.0. The van der Waals surface area contributed by atoms with E-state index < -0.39 is 19.9 Å². The van der Waals surface area contributed by atoms with Crippen molar-refractivity contribution in [1.82, 2.24) is 9.21 Å². The number of carbonyl (C=O) groups excluding carboxylic acids is 1. The first-order valence-electron chi connectivity index (χ1n) is 8.95. The molecule has 1 saturated heterocycles. The Morgan fingerprint density at radius 1 is 0.933 bits per heavy atom. The van der Waals surface area contributed by atoms with Crippen LogP contribution in [0, 0.1) is 20.2 Å². The molecule has 0 aliphatic carbocycles. The Kier molecular flexibility index (Phi) is 6.08. The third kappa shape index (κ3) is 4.44. The van der Waals surface area contributed by atoms with Crippen LogP contribution >= 0.6 is 0 Å². The quantitative estimate of drug-likeness (QED) is 0.496. The number of amides is 1. The number of nitrogens with zero attached hydrogens (tertiary/aromatic N) is 4. The molecule has 0 aromatic heterocycles. The zero-order chi connectivity index (χ0) is 21.9. The van der Waals surface area contributed by atoms with Crippen LogP contribution in [0.1, 0.15) is 5.56 Å². The zero-order valence-corrected chi connectivity index (χ0v) is 16.5. The van der Waals surface area contributed by atoms with E-state index in [4.69, 9.17) is 0 Å². The number of nitro groups is 2. The summed E-state index contributed by atoms with van der Waals surface area (Å²) >= 11 is 0. The van der Waals surface area contributed by atoms with Crippen LogP contribution in [0.5, 0.6) is 0 Å². The van der Waals surface area contributed by atoms with E-state index in [0.717, 1.165) is 6.07 Å². The summed E-state index contributed by atoms with van der Waals surface area (Å²) in [5.41, 5.74) is -0.175. The van der Waals surface area contributed by atoms with Gasteiger partial charge in [-0.25, -0.2) is 8.42 Å². The molecule has 0 N–H and O–H groups in total. The Bertz CT molecular complexity index is 1100. The van der Waals surface area contributed by atoms with Gasteiger partial charge in [0.05, 0.1) is 21.2 Å². The molecule has 0 saturated carbocycles. The zero-order valence-electron chi connectivity index (χ0n) is 15.7. The molecule has 1 fully saturated rings. The average molecular weight is 434 g/mol. The Labute approximate surface area is 171 Å². The molecule has 1 aliphatic heterocycles. The number of hydrogen-bond acceptors (Lipinski definition) is 7. The van der Waals surface area contributed by atoms with Crippen LogP contribution in [0.4, 0.5) is 11.4 Å². The number of piperazine rings is 1. The molecule has 1 amide bonds. The third-order valence-electron chi connectivity index (χ3n) is 4.79. The second kappa shape index (κ2) is 8.55. The minimum atomic E-state index is -3.94. The molecule has 0 unspecified atom stereocenters. The van der Waals surface area contributed by atoms with Crippen LogP contribution in [0.2, 0.25) is 0 Å². The summed E-state index contributed by atoms with van der Waals surface area (Å²) < 4.78 is 26.7. The highest BCUT2D eigenvalue weighted by Crippen LogP contribution is 2.23. The molecule has 3 rings (SSSR count). The Balaban J connectivity index is 1.67. The van der Waals surface area contributed by atoms with E-state index in [1.165, 1.54) is 45.6 Å². The molecule has 0 radical (unpaired) electrons. The van der Waals surface area contributed by atoms with Crippen LogP contribution < -0.4 is 0 Å². The summed E-state index contributed by atoms with van der Waals surface area (Å²) in [4.78, 5) is 34.6. The number of hydrogen-bond donors (Lipinski definition) is 0. The van der Waals surface area contributed by atoms with Crippen molar-refractivity contribution in [2.75, 3.05) is 26.2 Å². The lowest BCUT2D eigenvalue weighted by Gasteiger charge is -2.34. The Morgan fingerprint density at radius 2 is 1.60 bits per heavy atom. The van der Waals surface area contributed by atoms with Crippen LogP contribution in [0.15, 0.2) is 53.4 Å². The van der Waals surface area contributed by atoms with E-state index in [2.05, 4.69) is 0 Å². The van der Waals surface area contributed by atoms with Crippen molar-refractivity contribution in [3.05, 3.63) is 74.3 Å². The summed E-state index contributed by atoms with van der Waals surface area (Å²) in [7, 11) is -3.94. The fourth-order valence-electron chi connectivity index (χ4n) is 3.20. The molecular weight excluding hydrogens is 416 g/mol. The number of nitro benzene ring substituents is 2. The van der Waals surface area contributed by atoms with Gasteiger partial charge >= 0.3 is 0 Å². The average Bonchev–Trinajstić information content (AvgIpc) is 2.74. The van der Waals surface area contributed by atoms with Gasteiger partial charge in [0.1, 0.15) is 0 Å². The summed E-state index contributed by atoms with van der Waals surface area (Å²) in [5.74, 6) is -0.336. The first-order chi connectivity index (χ1) is 14.2. The molecule has 0 spiro atoms. The van der Waals surface area contributed by atoms with Gasteiger partial charge in [-0.15, -0.1) is 0 Å². The van der Waals surface area contributed by atoms with E-state index in [1.54, 1.807) is 6.07 Å². The Hall–Kier alpha value is -3.38. The number of rotatable bonds is 6. The second-order valence-corrected chi connectivity index (χ2v) is 8.54. The van der Waals surface area contributed by atoms with Gasteiger partial charge in [-0.3, -0.25) is 25.0 Å². The van der Waals surface area contributed by atoms with Gasteiger partial charge in [-0.2, -0.15) is 4.31 Å².